The molecule has 0 saturated heterocycles. The van der Waals surface area contributed by atoms with E-state index in [1.165, 1.54) is 25.0 Å². The first-order chi connectivity index (χ1) is 11.5. The van der Waals surface area contributed by atoms with Gasteiger partial charge in [0.2, 0.25) is 11.8 Å². The average molecular weight is 336 g/mol. The molecule has 1 rings (SSSR count). The van der Waals surface area contributed by atoms with Gasteiger partial charge >= 0.3 is 0 Å². The van der Waals surface area contributed by atoms with Crippen molar-refractivity contribution in [1.29, 1.82) is 0 Å². The molecule has 134 valence electrons. The number of halogens is 1. The SMILES string of the molecule is CCCCC(CC)CNC(=O)CCC(=O)NCc1ccc(F)cc1. The van der Waals surface area contributed by atoms with E-state index in [4.69, 9.17) is 0 Å². The second-order valence-corrected chi connectivity index (χ2v) is 6.12. The Kier molecular flexibility index (Phi) is 9.73. The molecule has 0 aliphatic rings. The molecule has 2 amide bonds. The number of benzene rings is 1. The van der Waals surface area contributed by atoms with Crippen molar-refractivity contribution in [2.45, 2.75) is 58.9 Å². The molecule has 0 saturated carbocycles. The van der Waals surface area contributed by atoms with E-state index in [0.29, 0.717) is 19.0 Å². The summed E-state index contributed by atoms with van der Waals surface area (Å²) in [5.41, 5.74) is 0.830. The molecular formula is C19H29FN2O2. The van der Waals surface area contributed by atoms with Gasteiger partial charge in [-0.25, -0.2) is 4.39 Å². The van der Waals surface area contributed by atoms with Crippen molar-refractivity contribution in [3.8, 4) is 0 Å². The number of carbonyl (C=O) groups excluding carboxylic acids is 2. The van der Waals surface area contributed by atoms with Crippen LogP contribution in [0.4, 0.5) is 4.39 Å². The van der Waals surface area contributed by atoms with Crippen LogP contribution in [-0.2, 0) is 16.1 Å². The van der Waals surface area contributed by atoms with E-state index in [9.17, 15) is 14.0 Å². The van der Waals surface area contributed by atoms with Gasteiger partial charge in [0.25, 0.3) is 0 Å². The zero-order chi connectivity index (χ0) is 17.8. The van der Waals surface area contributed by atoms with E-state index in [1.54, 1.807) is 12.1 Å². The zero-order valence-corrected chi connectivity index (χ0v) is 14.7. The molecule has 0 fully saturated rings. The maximum absolute atomic E-state index is 12.8. The molecule has 0 aromatic heterocycles. The largest absolute Gasteiger partial charge is 0.356 e. The Morgan fingerprint density at radius 3 is 2.25 bits per heavy atom. The Morgan fingerprint density at radius 1 is 1.04 bits per heavy atom. The van der Waals surface area contributed by atoms with Crippen molar-refractivity contribution in [3.05, 3.63) is 35.6 Å². The summed E-state index contributed by atoms with van der Waals surface area (Å²) in [5, 5.41) is 5.65. The van der Waals surface area contributed by atoms with E-state index in [-0.39, 0.29) is 30.5 Å². The van der Waals surface area contributed by atoms with Crippen molar-refractivity contribution in [2.24, 2.45) is 5.92 Å². The molecule has 0 radical (unpaired) electrons. The lowest BCUT2D eigenvalue weighted by Gasteiger charge is -2.15. The molecule has 4 nitrogen and oxygen atoms in total. The minimum atomic E-state index is -0.300. The minimum absolute atomic E-state index is 0.0816. The Balaban J connectivity index is 2.18. The fourth-order valence-electron chi connectivity index (χ4n) is 2.41. The molecule has 0 aliphatic heterocycles. The molecule has 1 aromatic rings. The topological polar surface area (TPSA) is 58.2 Å². The second-order valence-electron chi connectivity index (χ2n) is 6.12. The van der Waals surface area contributed by atoms with Crippen LogP contribution in [0.15, 0.2) is 24.3 Å². The number of nitrogens with one attached hydrogen (secondary N) is 2. The summed E-state index contributed by atoms with van der Waals surface area (Å²) in [4.78, 5) is 23.6. The van der Waals surface area contributed by atoms with E-state index >= 15 is 0 Å². The molecule has 2 N–H and O–H groups in total. The van der Waals surface area contributed by atoms with Crippen LogP contribution in [0.25, 0.3) is 0 Å². The van der Waals surface area contributed by atoms with Crippen molar-refractivity contribution in [3.63, 3.8) is 0 Å². The van der Waals surface area contributed by atoms with E-state index < -0.39 is 0 Å². The summed E-state index contributed by atoms with van der Waals surface area (Å²) in [6, 6.07) is 5.97. The zero-order valence-electron chi connectivity index (χ0n) is 14.7. The quantitative estimate of drug-likeness (QED) is 0.649. The molecular weight excluding hydrogens is 307 g/mol. The van der Waals surface area contributed by atoms with Gasteiger partial charge in [-0.1, -0.05) is 45.2 Å². The van der Waals surface area contributed by atoms with Crippen LogP contribution >= 0.6 is 0 Å². The molecule has 1 aromatic carbocycles. The van der Waals surface area contributed by atoms with Crippen molar-refractivity contribution in [2.75, 3.05) is 6.54 Å². The highest BCUT2D eigenvalue weighted by molar-refractivity contribution is 5.83. The van der Waals surface area contributed by atoms with Crippen LogP contribution in [0.5, 0.6) is 0 Å². The van der Waals surface area contributed by atoms with Crippen molar-refractivity contribution >= 4 is 11.8 Å². The Labute approximate surface area is 144 Å². The van der Waals surface area contributed by atoms with Gasteiger partial charge < -0.3 is 10.6 Å². The normalized spacial score (nSPS) is 11.8. The summed E-state index contributed by atoms with van der Waals surface area (Å²) < 4.78 is 12.8. The van der Waals surface area contributed by atoms with Gasteiger partial charge in [-0.15, -0.1) is 0 Å². The van der Waals surface area contributed by atoms with Crippen LogP contribution in [0.3, 0.4) is 0 Å². The lowest BCUT2D eigenvalue weighted by molar-refractivity contribution is -0.126. The fraction of sp³-hybridized carbons (Fsp3) is 0.579. The van der Waals surface area contributed by atoms with Gasteiger partial charge in [-0.05, 0) is 30.0 Å². The van der Waals surface area contributed by atoms with Crippen molar-refractivity contribution in [1.82, 2.24) is 10.6 Å². The second kappa shape index (κ2) is 11.6. The summed E-state index contributed by atoms with van der Waals surface area (Å²) in [5.74, 6) is -0.0401. The minimum Gasteiger partial charge on any atom is -0.356 e. The van der Waals surface area contributed by atoms with E-state index in [2.05, 4.69) is 24.5 Å². The van der Waals surface area contributed by atoms with Gasteiger partial charge in [0.15, 0.2) is 0 Å². The number of rotatable bonds is 11. The number of hydrogen-bond acceptors (Lipinski definition) is 2. The van der Waals surface area contributed by atoms with Crippen LogP contribution < -0.4 is 10.6 Å². The van der Waals surface area contributed by atoms with Gasteiger partial charge in [-0.3, -0.25) is 9.59 Å². The molecule has 1 atom stereocenters. The van der Waals surface area contributed by atoms with Gasteiger partial charge in [-0.2, -0.15) is 0 Å². The Hall–Kier alpha value is -1.91. The van der Waals surface area contributed by atoms with Gasteiger partial charge in [0.05, 0.1) is 0 Å². The third-order valence-corrected chi connectivity index (χ3v) is 4.11. The summed E-state index contributed by atoms with van der Waals surface area (Å²) >= 11 is 0. The van der Waals surface area contributed by atoms with E-state index in [1.807, 2.05) is 0 Å². The highest BCUT2D eigenvalue weighted by Gasteiger charge is 2.10. The average Bonchev–Trinajstić information content (AvgIpc) is 2.59. The number of hydrogen-bond donors (Lipinski definition) is 2. The maximum atomic E-state index is 12.8. The van der Waals surface area contributed by atoms with Crippen molar-refractivity contribution < 1.29 is 14.0 Å². The maximum Gasteiger partial charge on any atom is 0.220 e. The summed E-state index contributed by atoms with van der Waals surface area (Å²) in [6.07, 6.45) is 4.89. The Bertz CT molecular complexity index is 503. The molecule has 5 heteroatoms. The smallest absolute Gasteiger partial charge is 0.220 e. The van der Waals surface area contributed by atoms with Gasteiger partial charge in [0, 0.05) is 25.9 Å². The van der Waals surface area contributed by atoms with Crippen LogP contribution in [0.1, 0.15) is 57.9 Å². The standard InChI is InChI=1S/C19H29FN2O2/c1-3-5-6-15(4-2)13-21-18(23)11-12-19(24)22-14-16-7-9-17(20)10-8-16/h7-10,15H,3-6,11-14H2,1-2H3,(H,21,23)(H,22,24). The third-order valence-electron chi connectivity index (χ3n) is 4.11. The first-order valence-electron chi connectivity index (χ1n) is 8.83. The molecule has 24 heavy (non-hydrogen) atoms. The third kappa shape index (κ3) is 8.65. The predicted octanol–water partition coefficient (Wildman–Crippen LogP) is 3.55. The molecule has 0 spiro atoms. The summed E-state index contributed by atoms with van der Waals surface area (Å²) in [7, 11) is 0. The number of unbranched alkanes of at least 4 members (excludes halogenated alkanes) is 1. The van der Waals surface area contributed by atoms with Crippen LogP contribution in [-0.4, -0.2) is 18.4 Å². The van der Waals surface area contributed by atoms with Crippen LogP contribution in [0, 0.1) is 11.7 Å². The lowest BCUT2D eigenvalue weighted by atomic mass is 9.99. The highest BCUT2D eigenvalue weighted by atomic mass is 19.1. The fourth-order valence-corrected chi connectivity index (χ4v) is 2.41. The summed E-state index contributed by atoms with van der Waals surface area (Å²) in [6.45, 7) is 5.33. The Morgan fingerprint density at radius 2 is 1.67 bits per heavy atom. The molecule has 1 unspecified atom stereocenters. The molecule has 0 heterocycles. The first-order valence-corrected chi connectivity index (χ1v) is 8.83. The lowest BCUT2D eigenvalue weighted by Crippen LogP contribution is -2.31. The van der Waals surface area contributed by atoms with E-state index in [0.717, 1.165) is 18.4 Å². The predicted molar refractivity (Wildman–Crippen MR) is 93.8 cm³/mol. The van der Waals surface area contributed by atoms with Crippen LogP contribution in [0.2, 0.25) is 0 Å². The molecule has 0 bridgehead atoms. The highest BCUT2D eigenvalue weighted by Crippen LogP contribution is 2.11. The van der Waals surface area contributed by atoms with Gasteiger partial charge in [0.1, 0.15) is 5.82 Å². The number of carbonyl (C=O) groups is 2. The monoisotopic (exact) mass is 336 g/mol. The number of amides is 2. The molecule has 0 aliphatic carbocycles. The first kappa shape index (κ1) is 20.1.